The first kappa shape index (κ1) is 22.3. The lowest BCUT2D eigenvalue weighted by molar-refractivity contribution is -0.116. The van der Waals surface area contributed by atoms with Crippen LogP contribution in [0, 0.1) is 5.92 Å². The van der Waals surface area contributed by atoms with E-state index in [9.17, 15) is 9.59 Å². The van der Waals surface area contributed by atoms with Crippen molar-refractivity contribution in [3.8, 4) is 0 Å². The number of benzene rings is 2. The van der Waals surface area contributed by atoms with E-state index in [0.29, 0.717) is 18.5 Å². The molecule has 32 heavy (non-hydrogen) atoms. The molecule has 170 valence electrons. The topological polar surface area (TPSA) is 64.7 Å². The molecule has 2 aromatic rings. The number of nitrogens with zero attached hydrogens (tertiary/aromatic N) is 2. The Bertz CT molecular complexity index is 892. The summed E-state index contributed by atoms with van der Waals surface area (Å²) in [5, 5.41) is 6.37. The summed E-state index contributed by atoms with van der Waals surface area (Å²) in [6, 6.07) is 19.0. The summed E-state index contributed by atoms with van der Waals surface area (Å²) in [4.78, 5) is 28.1. The Morgan fingerprint density at radius 3 is 2.34 bits per heavy atom. The number of anilines is 2. The van der Waals surface area contributed by atoms with Crippen LogP contribution in [-0.4, -0.2) is 55.5 Å². The van der Waals surface area contributed by atoms with Crippen LogP contribution < -0.4 is 15.5 Å². The van der Waals surface area contributed by atoms with Crippen molar-refractivity contribution in [2.24, 2.45) is 5.92 Å². The highest BCUT2D eigenvalue weighted by atomic mass is 16.2. The van der Waals surface area contributed by atoms with E-state index in [2.05, 4.69) is 58.0 Å². The van der Waals surface area contributed by atoms with E-state index in [1.807, 2.05) is 17.0 Å². The third-order valence-corrected chi connectivity index (χ3v) is 6.58. The first-order chi connectivity index (χ1) is 15.6. The molecule has 2 aliphatic rings. The molecule has 1 unspecified atom stereocenters. The largest absolute Gasteiger partial charge is 0.370 e. The third-order valence-electron chi connectivity index (χ3n) is 6.58. The maximum atomic E-state index is 12.7. The van der Waals surface area contributed by atoms with E-state index >= 15 is 0 Å². The number of hydrogen-bond acceptors (Lipinski definition) is 4. The second-order valence-electron chi connectivity index (χ2n) is 9.11. The zero-order chi connectivity index (χ0) is 22.3. The molecular formula is C26H34N4O2. The molecule has 0 aromatic heterocycles. The standard InChI is InChI=1S/C26H34N4O2/c1-20(31)18-27-24-13-16-30(19-24)25-9-7-23(8-10-25)28-26(32)29-14-11-22(12-15-29)17-21-5-3-2-4-6-21/h2-10,22,24,27H,11-19H2,1H3,(H,28,32). The van der Waals surface area contributed by atoms with E-state index in [-0.39, 0.29) is 11.8 Å². The molecule has 6 nitrogen and oxygen atoms in total. The summed E-state index contributed by atoms with van der Waals surface area (Å²) in [5.74, 6) is 0.818. The van der Waals surface area contributed by atoms with Crippen LogP contribution in [0.15, 0.2) is 54.6 Å². The first-order valence-electron chi connectivity index (χ1n) is 11.7. The Morgan fingerprint density at radius 1 is 0.938 bits per heavy atom. The van der Waals surface area contributed by atoms with Crippen LogP contribution in [0.5, 0.6) is 0 Å². The van der Waals surface area contributed by atoms with Crippen molar-refractivity contribution in [2.75, 3.05) is 42.9 Å². The quantitative estimate of drug-likeness (QED) is 0.693. The predicted molar refractivity (Wildman–Crippen MR) is 129 cm³/mol. The van der Waals surface area contributed by atoms with Gasteiger partial charge >= 0.3 is 6.03 Å². The van der Waals surface area contributed by atoms with E-state index in [0.717, 1.165) is 63.2 Å². The Labute approximate surface area is 191 Å². The van der Waals surface area contributed by atoms with Gasteiger partial charge in [-0.1, -0.05) is 30.3 Å². The van der Waals surface area contributed by atoms with Gasteiger partial charge in [0.1, 0.15) is 5.78 Å². The van der Waals surface area contributed by atoms with Crippen LogP contribution in [0.3, 0.4) is 0 Å². The highest BCUT2D eigenvalue weighted by Gasteiger charge is 2.24. The summed E-state index contributed by atoms with van der Waals surface area (Å²) < 4.78 is 0. The Kier molecular flexibility index (Phi) is 7.43. The van der Waals surface area contributed by atoms with Gasteiger partial charge in [0.2, 0.25) is 0 Å². The molecule has 2 fully saturated rings. The smallest absolute Gasteiger partial charge is 0.321 e. The number of carbonyl (C=O) groups excluding carboxylic acids is 2. The zero-order valence-corrected chi connectivity index (χ0v) is 18.9. The van der Waals surface area contributed by atoms with Gasteiger partial charge in [-0.2, -0.15) is 0 Å². The SMILES string of the molecule is CC(=O)CNC1CCN(c2ccc(NC(=O)N3CCC(Cc4ccccc4)CC3)cc2)C1. The van der Waals surface area contributed by atoms with E-state index in [1.165, 1.54) is 5.56 Å². The highest BCUT2D eigenvalue weighted by Crippen LogP contribution is 2.24. The molecule has 2 aliphatic heterocycles. The fourth-order valence-corrected chi connectivity index (χ4v) is 4.70. The van der Waals surface area contributed by atoms with Gasteiger partial charge in [0.25, 0.3) is 0 Å². The summed E-state index contributed by atoms with van der Waals surface area (Å²) in [7, 11) is 0. The summed E-state index contributed by atoms with van der Waals surface area (Å²) in [5.41, 5.74) is 3.36. The molecule has 1 atom stereocenters. The van der Waals surface area contributed by atoms with Crippen molar-refractivity contribution in [1.29, 1.82) is 0 Å². The molecule has 2 saturated heterocycles. The van der Waals surface area contributed by atoms with Gasteiger partial charge in [0.05, 0.1) is 6.54 Å². The van der Waals surface area contributed by atoms with Crippen LogP contribution >= 0.6 is 0 Å². The second-order valence-corrected chi connectivity index (χ2v) is 9.11. The number of Topliss-reactive ketones (excluding diaryl/α,β-unsaturated/α-hetero) is 1. The van der Waals surface area contributed by atoms with Gasteiger partial charge in [0, 0.05) is 43.6 Å². The van der Waals surface area contributed by atoms with Crippen LogP contribution in [0.2, 0.25) is 0 Å². The zero-order valence-electron chi connectivity index (χ0n) is 18.9. The van der Waals surface area contributed by atoms with Crippen molar-refractivity contribution in [3.63, 3.8) is 0 Å². The number of amides is 2. The monoisotopic (exact) mass is 434 g/mol. The average Bonchev–Trinajstić information content (AvgIpc) is 3.28. The minimum absolute atomic E-state index is 0.00872. The molecule has 0 bridgehead atoms. The van der Waals surface area contributed by atoms with Gasteiger partial charge in [-0.05, 0) is 68.4 Å². The molecule has 0 radical (unpaired) electrons. The van der Waals surface area contributed by atoms with Crippen molar-refractivity contribution in [3.05, 3.63) is 60.2 Å². The molecular weight excluding hydrogens is 400 g/mol. The maximum Gasteiger partial charge on any atom is 0.321 e. The summed E-state index contributed by atoms with van der Waals surface area (Å²) in [6.45, 7) is 5.54. The highest BCUT2D eigenvalue weighted by molar-refractivity contribution is 5.89. The van der Waals surface area contributed by atoms with Crippen molar-refractivity contribution in [1.82, 2.24) is 10.2 Å². The average molecular weight is 435 g/mol. The Hall–Kier alpha value is -2.86. The fourth-order valence-electron chi connectivity index (χ4n) is 4.70. The lowest BCUT2D eigenvalue weighted by Crippen LogP contribution is -2.41. The number of rotatable bonds is 7. The molecule has 6 heteroatoms. The molecule has 4 rings (SSSR count). The summed E-state index contributed by atoms with van der Waals surface area (Å²) >= 11 is 0. The molecule has 2 aromatic carbocycles. The van der Waals surface area contributed by atoms with Gasteiger partial charge in [-0.15, -0.1) is 0 Å². The normalized spacial score (nSPS) is 19.2. The lowest BCUT2D eigenvalue weighted by Gasteiger charge is -2.32. The van der Waals surface area contributed by atoms with Gasteiger partial charge in [0.15, 0.2) is 0 Å². The number of urea groups is 1. The number of piperidine rings is 1. The van der Waals surface area contributed by atoms with Crippen LogP contribution in [-0.2, 0) is 11.2 Å². The lowest BCUT2D eigenvalue weighted by atomic mass is 9.90. The van der Waals surface area contributed by atoms with Crippen molar-refractivity contribution >= 4 is 23.2 Å². The first-order valence-corrected chi connectivity index (χ1v) is 11.7. The number of ketones is 1. The minimum atomic E-state index is -0.00872. The van der Waals surface area contributed by atoms with Gasteiger partial charge < -0.3 is 20.4 Å². The molecule has 0 spiro atoms. The number of hydrogen-bond donors (Lipinski definition) is 2. The number of nitrogens with one attached hydrogen (secondary N) is 2. The van der Waals surface area contributed by atoms with E-state index in [1.54, 1.807) is 6.92 Å². The Morgan fingerprint density at radius 2 is 1.66 bits per heavy atom. The van der Waals surface area contributed by atoms with Crippen LogP contribution in [0.4, 0.5) is 16.2 Å². The van der Waals surface area contributed by atoms with Crippen molar-refractivity contribution in [2.45, 2.75) is 38.6 Å². The van der Waals surface area contributed by atoms with Crippen molar-refractivity contribution < 1.29 is 9.59 Å². The molecule has 2 amide bonds. The van der Waals surface area contributed by atoms with Crippen LogP contribution in [0.1, 0.15) is 31.7 Å². The number of likely N-dealkylation sites (tertiary alicyclic amines) is 1. The summed E-state index contributed by atoms with van der Waals surface area (Å²) in [6.07, 6.45) is 4.23. The number of carbonyl (C=O) groups is 2. The second kappa shape index (κ2) is 10.6. The molecule has 2 N–H and O–H groups in total. The molecule has 2 heterocycles. The third kappa shape index (κ3) is 6.10. The molecule has 0 saturated carbocycles. The molecule has 0 aliphatic carbocycles. The predicted octanol–water partition coefficient (Wildman–Crippen LogP) is 3.93. The van der Waals surface area contributed by atoms with Gasteiger partial charge in [-0.25, -0.2) is 4.79 Å². The maximum absolute atomic E-state index is 12.7. The van der Waals surface area contributed by atoms with Crippen LogP contribution in [0.25, 0.3) is 0 Å². The minimum Gasteiger partial charge on any atom is -0.370 e. The fraction of sp³-hybridized carbons (Fsp3) is 0.462. The van der Waals surface area contributed by atoms with Gasteiger partial charge in [-0.3, -0.25) is 4.79 Å². The van der Waals surface area contributed by atoms with E-state index < -0.39 is 0 Å². The van der Waals surface area contributed by atoms with E-state index in [4.69, 9.17) is 0 Å². The Balaban J connectivity index is 1.22.